The Kier molecular flexibility index (Phi) is 6.40. The number of nitrogens with zero attached hydrogens (tertiary/aromatic N) is 2. The number of hydrogen-bond donors (Lipinski definition) is 1. The quantitative estimate of drug-likeness (QED) is 0.593. The topological polar surface area (TPSA) is 64.0 Å². The first-order valence-corrected chi connectivity index (χ1v) is 10.3. The van der Waals surface area contributed by atoms with E-state index in [2.05, 4.69) is 17.2 Å². The van der Waals surface area contributed by atoms with Crippen molar-refractivity contribution in [2.75, 3.05) is 0 Å². The van der Waals surface area contributed by atoms with Crippen molar-refractivity contribution in [2.45, 2.75) is 52.1 Å². The summed E-state index contributed by atoms with van der Waals surface area (Å²) in [6.07, 6.45) is 5.85. The molecule has 3 rings (SSSR count). The lowest BCUT2D eigenvalue weighted by Gasteiger charge is -2.14. The van der Waals surface area contributed by atoms with Gasteiger partial charge < -0.3 is 5.32 Å². The van der Waals surface area contributed by atoms with Crippen molar-refractivity contribution in [2.24, 2.45) is 0 Å². The van der Waals surface area contributed by atoms with Gasteiger partial charge in [0.1, 0.15) is 11.4 Å². The highest BCUT2D eigenvalue weighted by atomic mass is 32.1. The van der Waals surface area contributed by atoms with Gasteiger partial charge in [0.2, 0.25) is 5.91 Å². The highest BCUT2D eigenvalue weighted by molar-refractivity contribution is 7.17. The second-order valence-corrected chi connectivity index (χ2v) is 7.70. The van der Waals surface area contributed by atoms with Crippen molar-refractivity contribution in [1.82, 2.24) is 14.9 Å². The summed E-state index contributed by atoms with van der Waals surface area (Å²) in [5.74, 6) is -0.154. The Morgan fingerprint density at radius 1 is 1.26 bits per heavy atom. The van der Waals surface area contributed by atoms with Crippen LogP contribution in [0.15, 0.2) is 46.8 Å². The van der Waals surface area contributed by atoms with Gasteiger partial charge >= 0.3 is 0 Å². The predicted molar refractivity (Wildman–Crippen MR) is 111 cm³/mol. The van der Waals surface area contributed by atoms with E-state index in [9.17, 15) is 9.59 Å². The lowest BCUT2D eigenvalue weighted by Crippen LogP contribution is -2.37. The molecule has 1 aromatic carbocycles. The van der Waals surface area contributed by atoms with E-state index in [-0.39, 0.29) is 24.1 Å². The van der Waals surface area contributed by atoms with Gasteiger partial charge in [-0.3, -0.25) is 14.2 Å². The minimum atomic E-state index is -0.172. The van der Waals surface area contributed by atoms with Gasteiger partial charge in [-0.2, -0.15) is 0 Å². The lowest BCUT2D eigenvalue weighted by molar-refractivity contribution is -0.122. The van der Waals surface area contributed by atoms with Gasteiger partial charge in [0.25, 0.3) is 5.56 Å². The van der Waals surface area contributed by atoms with Crippen LogP contribution >= 0.6 is 11.3 Å². The van der Waals surface area contributed by atoms with E-state index in [1.165, 1.54) is 28.7 Å². The monoisotopic (exact) mass is 383 g/mol. The fourth-order valence-electron chi connectivity index (χ4n) is 3.16. The molecule has 0 unspecified atom stereocenters. The summed E-state index contributed by atoms with van der Waals surface area (Å²) >= 11 is 1.45. The van der Waals surface area contributed by atoms with Crippen molar-refractivity contribution in [3.8, 4) is 11.1 Å². The van der Waals surface area contributed by atoms with Crippen molar-refractivity contribution < 1.29 is 4.79 Å². The van der Waals surface area contributed by atoms with E-state index >= 15 is 0 Å². The Morgan fingerprint density at radius 2 is 2.04 bits per heavy atom. The molecule has 5 nitrogen and oxygen atoms in total. The van der Waals surface area contributed by atoms with Gasteiger partial charge in [0, 0.05) is 17.0 Å². The second kappa shape index (κ2) is 8.95. The molecule has 0 aliphatic rings. The molecule has 0 saturated heterocycles. The Labute approximate surface area is 163 Å². The molecule has 2 aromatic heterocycles. The van der Waals surface area contributed by atoms with E-state index in [1.807, 2.05) is 42.6 Å². The zero-order valence-electron chi connectivity index (χ0n) is 15.8. The molecule has 142 valence electrons. The number of hydrogen-bond acceptors (Lipinski definition) is 4. The number of amides is 1. The summed E-state index contributed by atoms with van der Waals surface area (Å²) in [5, 5.41) is 5.51. The molecule has 0 aliphatic heterocycles. The highest BCUT2D eigenvalue weighted by Gasteiger charge is 2.15. The van der Waals surface area contributed by atoms with Crippen LogP contribution in [0.2, 0.25) is 0 Å². The molecule has 0 fully saturated rings. The van der Waals surface area contributed by atoms with Gasteiger partial charge in [-0.15, -0.1) is 11.3 Å². The summed E-state index contributed by atoms with van der Waals surface area (Å²) in [6.45, 7) is 4.15. The smallest absolute Gasteiger partial charge is 0.263 e. The summed E-state index contributed by atoms with van der Waals surface area (Å²) in [6, 6.07) is 9.90. The number of unbranched alkanes of at least 4 members (excludes halogenated alkanes) is 2. The fourth-order valence-corrected chi connectivity index (χ4v) is 4.06. The molecule has 0 bridgehead atoms. The predicted octanol–water partition coefficient (Wildman–Crippen LogP) is 4.21. The standard InChI is InChI=1S/C21H25N3O2S/c1-3-4-6-9-15(2)23-18(25)12-24-14-22-20-19(21(24)26)17(13-27-20)16-10-7-5-8-11-16/h5,7-8,10-11,13-15H,3-4,6,9,12H2,1-2H3,(H,23,25)/t15-/m0/s1. The minimum absolute atomic E-state index is 0.00995. The normalized spacial score (nSPS) is 12.2. The molecule has 27 heavy (non-hydrogen) atoms. The minimum Gasteiger partial charge on any atom is -0.352 e. The number of aromatic nitrogens is 2. The largest absolute Gasteiger partial charge is 0.352 e. The Morgan fingerprint density at radius 3 is 2.78 bits per heavy atom. The number of fused-ring (bicyclic) bond motifs is 1. The van der Waals surface area contributed by atoms with E-state index in [0.29, 0.717) is 10.2 Å². The maximum Gasteiger partial charge on any atom is 0.263 e. The molecule has 1 amide bonds. The SMILES string of the molecule is CCCCC[C@H](C)NC(=O)Cn1cnc2scc(-c3ccccc3)c2c1=O. The molecular weight excluding hydrogens is 358 g/mol. The van der Waals surface area contributed by atoms with E-state index in [1.54, 1.807) is 0 Å². The first-order valence-electron chi connectivity index (χ1n) is 9.41. The summed E-state index contributed by atoms with van der Waals surface area (Å²) in [7, 11) is 0. The molecular formula is C21H25N3O2S. The van der Waals surface area contributed by atoms with Crippen LogP contribution in [0.25, 0.3) is 21.3 Å². The number of benzene rings is 1. The first-order chi connectivity index (χ1) is 13.1. The van der Waals surface area contributed by atoms with Crippen LogP contribution in [0.4, 0.5) is 0 Å². The van der Waals surface area contributed by atoms with E-state index in [4.69, 9.17) is 0 Å². The second-order valence-electron chi connectivity index (χ2n) is 6.84. The maximum atomic E-state index is 13.0. The number of carbonyl (C=O) groups excluding carboxylic acids is 1. The van der Waals surface area contributed by atoms with Crippen LogP contribution in [-0.2, 0) is 11.3 Å². The van der Waals surface area contributed by atoms with Crippen molar-refractivity contribution >= 4 is 27.5 Å². The third-order valence-electron chi connectivity index (χ3n) is 4.61. The van der Waals surface area contributed by atoms with Gasteiger partial charge in [-0.25, -0.2) is 4.98 Å². The van der Waals surface area contributed by atoms with E-state index in [0.717, 1.165) is 30.4 Å². The van der Waals surface area contributed by atoms with Crippen molar-refractivity contribution in [1.29, 1.82) is 0 Å². The summed E-state index contributed by atoms with van der Waals surface area (Å²) < 4.78 is 1.40. The lowest BCUT2D eigenvalue weighted by atomic mass is 10.1. The van der Waals surface area contributed by atoms with Crippen molar-refractivity contribution in [3.05, 3.63) is 52.4 Å². The molecule has 6 heteroatoms. The van der Waals surface area contributed by atoms with E-state index < -0.39 is 0 Å². The average molecular weight is 384 g/mol. The number of nitrogens with one attached hydrogen (secondary N) is 1. The van der Waals surface area contributed by atoms with Crippen LogP contribution in [0, 0.1) is 0 Å². The van der Waals surface area contributed by atoms with Gasteiger partial charge in [0.05, 0.1) is 11.7 Å². The molecule has 0 radical (unpaired) electrons. The third kappa shape index (κ3) is 4.63. The molecule has 0 saturated carbocycles. The molecule has 3 aromatic rings. The highest BCUT2D eigenvalue weighted by Crippen LogP contribution is 2.30. The number of rotatable bonds is 8. The van der Waals surface area contributed by atoms with Crippen molar-refractivity contribution in [3.63, 3.8) is 0 Å². The van der Waals surface area contributed by atoms with Crippen LogP contribution in [0.3, 0.4) is 0 Å². The van der Waals surface area contributed by atoms with Gasteiger partial charge in [-0.1, -0.05) is 56.5 Å². The molecule has 1 atom stereocenters. The number of thiophene rings is 1. The third-order valence-corrected chi connectivity index (χ3v) is 5.49. The average Bonchev–Trinajstić information content (AvgIpc) is 3.10. The zero-order valence-corrected chi connectivity index (χ0v) is 16.6. The van der Waals surface area contributed by atoms with Crippen LogP contribution < -0.4 is 10.9 Å². The Balaban J connectivity index is 1.79. The Bertz CT molecular complexity index is 962. The van der Waals surface area contributed by atoms with Crippen LogP contribution in [0.1, 0.15) is 39.5 Å². The molecule has 0 aliphatic carbocycles. The fraction of sp³-hybridized carbons (Fsp3) is 0.381. The maximum absolute atomic E-state index is 13.0. The first kappa shape index (κ1) is 19.3. The van der Waals surface area contributed by atoms with Crippen LogP contribution in [-0.4, -0.2) is 21.5 Å². The molecule has 1 N–H and O–H groups in total. The molecule has 2 heterocycles. The van der Waals surface area contributed by atoms with Gasteiger partial charge in [0.15, 0.2) is 0 Å². The summed E-state index contributed by atoms with van der Waals surface area (Å²) in [5.41, 5.74) is 1.68. The van der Waals surface area contributed by atoms with Gasteiger partial charge in [-0.05, 0) is 18.9 Å². The summed E-state index contributed by atoms with van der Waals surface area (Å²) in [4.78, 5) is 30.4. The number of carbonyl (C=O) groups is 1. The Hall–Kier alpha value is -2.47. The molecule has 0 spiro atoms. The van der Waals surface area contributed by atoms with Crippen LogP contribution in [0.5, 0.6) is 0 Å². The zero-order chi connectivity index (χ0) is 19.2.